The highest BCUT2D eigenvalue weighted by atomic mass is 16.6. The Morgan fingerprint density at radius 3 is 2.35 bits per heavy atom. The largest absolute Gasteiger partial charge is 0.475 e. The van der Waals surface area contributed by atoms with E-state index in [0.29, 0.717) is 12.0 Å². The van der Waals surface area contributed by atoms with Gasteiger partial charge in [0.2, 0.25) is 5.75 Å². The third-order valence-electron chi connectivity index (χ3n) is 3.27. The minimum atomic E-state index is -0.765. The van der Waals surface area contributed by atoms with Crippen molar-refractivity contribution < 1.29 is 24.1 Å². The second-order valence-electron chi connectivity index (χ2n) is 4.80. The van der Waals surface area contributed by atoms with Crippen LogP contribution >= 0.6 is 0 Å². The number of carbonyl (C=O) groups is 1. The van der Waals surface area contributed by atoms with Crippen LogP contribution in [0.3, 0.4) is 0 Å². The van der Waals surface area contributed by atoms with Gasteiger partial charge in [0.15, 0.2) is 6.61 Å². The summed E-state index contributed by atoms with van der Waals surface area (Å²) in [6.45, 7) is 4.87. The average Bonchev–Trinajstić information content (AvgIpc) is 2.51. The van der Waals surface area contributed by atoms with E-state index in [1.165, 1.54) is 6.07 Å². The lowest BCUT2D eigenvalue weighted by Crippen LogP contribution is -2.16. The van der Waals surface area contributed by atoms with E-state index in [-0.39, 0.29) is 18.3 Å². The topological polar surface area (TPSA) is 122 Å². The van der Waals surface area contributed by atoms with Crippen molar-refractivity contribution in [1.82, 2.24) is 0 Å². The summed E-state index contributed by atoms with van der Waals surface area (Å²) in [6, 6.07) is 2.06. The van der Waals surface area contributed by atoms with Gasteiger partial charge in [-0.15, -0.1) is 0 Å². The molecule has 9 heteroatoms. The molecular weight excluding hydrogens is 308 g/mol. The number of nitro benzene ring substituents is 2. The summed E-state index contributed by atoms with van der Waals surface area (Å²) in [5.41, 5.74) is -0.619. The van der Waals surface area contributed by atoms with Crippen LogP contribution in [0.25, 0.3) is 0 Å². The molecule has 0 aliphatic carbocycles. The summed E-state index contributed by atoms with van der Waals surface area (Å²) >= 11 is 0. The third-order valence-corrected chi connectivity index (χ3v) is 3.27. The molecule has 1 aromatic rings. The average molecular weight is 326 g/mol. The van der Waals surface area contributed by atoms with Crippen molar-refractivity contribution in [2.45, 2.75) is 33.1 Å². The van der Waals surface area contributed by atoms with Crippen molar-refractivity contribution in [3.63, 3.8) is 0 Å². The Balaban J connectivity index is 3.34. The van der Waals surface area contributed by atoms with Crippen LogP contribution in [-0.4, -0.2) is 29.0 Å². The Labute approximate surface area is 132 Å². The van der Waals surface area contributed by atoms with Crippen LogP contribution < -0.4 is 4.74 Å². The van der Waals surface area contributed by atoms with Crippen molar-refractivity contribution in [2.75, 3.05) is 13.2 Å². The van der Waals surface area contributed by atoms with E-state index in [1.807, 2.05) is 6.92 Å². The molecule has 0 saturated heterocycles. The van der Waals surface area contributed by atoms with Gasteiger partial charge in [-0.05, 0) is 19.3 Å². The van der Waals surface area contributed by atoms with Gasteiger partial charge in [0.25, 0.3) is 5.69 Å². The predicted octanol–water partition coefficient (Wildman–Crippen LogP) is 2.96. The summed E-state index contributed by atoms with van der Waals surface area (Å²) in [6.07, 6.45) is 0.591. The zero-order valence-corrected chi connectivity index (χ0v) is 13.1. The smallest absolute Gasteiger partial charge is 0.344 e. The fourth-order valence-corrected chi connectivity index (χ4v) is 1.94. The van der Waals surface area contributed by atoms with Crippen LogP contribution in [0.4, 0.5) is 11.4 Å². The number of nitro groups is 2. The molecular formula is C14H18N2O7. The summed E-state index contributed by atoms with van der Waals surface area (Å²) in [5, 5.41) is 22.2. The third kappa shape index (κ3) is 4.63. The molecule has 9 nitrogen and oxygen atoms in total. The quantitative estimate of drug-likeness (QED) is 0.409. The van der Waals surface area contributed by atoms with E-state index >= 15 is 0 Å². The minimum absolute atomic E-state index is 0.136. The van der Waals surface area contributed by atoms with Crippen molar-refractivity contribution >= 4 is 17.3 Å². The molecule has 0 heterocycles. The molecule has 0 saturated carbocycles. The fraction of sp³-hybridized carbons (Fsp3) is 0.500. The summed E-state index contributed by atoms with van der Waals surface area (Å²) in [5.74, 6) is -1.02. The molecule has 1 aromatic carbocycles. The monoisotopic (exact) mass is 326 g/mol. The fourth-order valence-electron chi connectivity index (χ4n) is 1.94. The molecule has 0 aliphatic heterocycles. The number of rotatable bonds is 8. The molecule has 1 rings (SSSR count). The number of ether oxygens (including phenoxy) is 2. The molecule has 0 unspecified atom stereocenters. The molecule has 0 aromatic heterocycles. The van der Waals surface area contributed by atoms with Gasteiger partial charge < -0.3 is 9.47 Å². The Morgan fingerprint density at radius 1 is 1.22 bits per heavy atom. The predicted molar refractivity (Wildman–Crippen MR) is 80.6 cm³/mol. The first-order valence-corrected chi connectivity index (χ1v) is 7.06. The number of benzene rings is 1. The highest BCUT2D eigenvalue weighted by molar-refractivity contribution is 5.71. The maximum atomic E-state index is 11.4. The zero-order valence-electron chi connectivity index (χ0n) is 13.1. The van der Waals surface area contributed by atoms with E-state index in [4.69, 9.17) is 9.47 Å². The molecule has 0 amide bonds. The van der Waals surface area contributed by atoms with Gasteiger partial charge in [-0.3, -0.25) is 20.2 Å². The first-order valence-electron chi connectivity index (χ1n) is 7.06. The lowest BCUT2D eigenvalue weighted by atomic mass is 9.96. The lowest BCUT2D eigenvalue weighted by Gasteiger charge is -2.15. The van der Waals surface area contributed by atoms with E-state index in [9.17, 15) is 25.0 Å². The van der Waals surface area contributed by atoms with Gasteiger partial charge in [-0.25, -0.2) is 4.79 Å². The normalized spacial score (nSPS) is 11.6. The molecule has 0 bridgehead atoms. The molecule has 1 atom stereocenters. The van der Waals surface area contributed by atoms with Gasteiger partial charge in [0.05, 0.1) is 22.5 Å². The SMILES string of the molecule is CCOC(=O)COc1c([C@H](C)CC)cc([N+](=O)[O-])cc1[N+](=O)[O-]. The molecule has 23 heavy (non-hydrogen) atoms. The second-order valence-corrected chi connectivity index (χ2v) is 4.80. The van der Waals surface area contributed by atoms with Gasteiger partial charge in [0.1, 0.15) is 0 Å². The second kappa shape index (κ2) is 8.06. The maximum absolute atomic E-state index is 11.4. The maximum Gasteiger partial charge on any atom is 0.344 e. The molecule has 126 valence electrons. The Kier molecular flexibility index (Phi) is 6.43. The lowest BCUT2D eigenvalue weighted by molar-refractivity contribution is -0.394. The van der Waals surface area contributed by atoms with Crippen molar-refractivity contribution in [1.29, 1.82) is 0 Å². The molecule has 0 radical (unpaired) electrons. The number of non-ortho nitro benzene ring substituents is 1. The molecule has 0 fully saturated rings. The van der Waals surface area contributed by atoms with Crippen LogP contribution in [0.2, 0.25) is 0 Å². The number of carbonyl (C=O) groups excluding carboxylic acids is 1. The van der Waals surface area contributed by atoms with Crippen molar-refractivity contribution in [3.05, 3.63) is 37.9 Å². The number of hydrogen-bond acceptors (Lipinski definition) is 7. The Morgan fingerprint density at radius 2 is 1.87 bits per heavy atom. The highest BCUT2D eigenvalue weighted by Crippen LogP contribution is 2.40. The van der Waals surface area contributed by atoms with E-state index in [2.05, 4.69) is 0 Å². The number of nitrogens with zero attached hydrogens (tertiary/aromatic N) is 2. The summed E-state index contributed by atoms with van der Waals surface area (Å²) in [7, 11) is 0. The summed E-state index contributed by atoms with van der Waals surface area (Å²) < 4.78 is 9.97. The molecule has 0 aliphatic rings. The molecule has 0 spiro atoms. The van der Waals surface area contributed by atoms with E-state index in [0.717, 1.165) is 6.07 Å². The van der Waals surface area contributed by atoms with Crippen LogP contribution in [0.5, 0.6) is 5.75 Å². The first kappa shape index (κ1) is 18.3. The van der Waals surface area contributed by atoms with Crippen LogP contribution in [-0.2, 0) is 9.53 Å². The number of esters is 1. The summed E-state index contributed by atoms with van der Waals surface area (Å²) in [4.78, 5) is 32.1. The molecule has 0 N–H and O–H groups in total. The minimum Gasteiger partial charge on any atom is -0.475 e. The highest BCUT2D eigenvalue weighted by Gasteiger charge is 2.28. The van der Waals surface area contributed by atoms with Crippen LogP contribution in [0.15, 0.2) is 12.1 Å². The Hall–Kier alpha value is -2.71. The van der Waals surface area contributed by atoms with Gasteiger partial charge in [-0.2, -0.15) is 0 Å². The van der Waals surface area contributed by atoms with Gasteiger partial charge in [0, 0.05) is 11.6 Å². The van der Waals surface area contributed by atoms with Gasteiger partial charge in [-0.1, -0.05) is 13.8 Å². The van der Waals surface area contributed by atoms with Crippen molar-refractivity contribution in [3.8, 4) is 5.75 Å². The van der Waals surface area contributed by atoms with E-state index < -0.39 is 33.8 Å². The standard InChI is InChI=1S/C14H18N2O7/c1-4-9(3)11-6-10(15(18)19)7-12(16(20)21)14(11)23-8-13(17)22-5-2/h6-7,9H,4-5,8H2,1-3H3/t9-/m1/s1. The number of hydrogen-bond donors (Lipinski definition) is 0. The zero-order chi connectivity index (χ0) is 17.6. The van der Waals surface area contributed by atoms with Crippen LogP contribution in [0.1, 0.15) is 38.7 Å². The Bertz CT molecular complexity index is 615. The van der Waals surface area contributed by atoms with E-state index in [1.54, 1.807) is 13.8 Å². The first-order chi connectivity index (χ1) is 10.8. The van der Waals surface area contributed by atoms with Crippen LogP contribution in [0, 0.1) is 20.2 Å². The van der Waals surface area contributed by atoms with Crippen molar-refractivity contribution in [2.24, 2.45) is 0 Å². The van der Waals surface area contributed by atoms with Gasteiger partial charge >= 0.3 is 11.7 Å².